The van der Waals surface area contributed by atoms with E-state index < -0.39 is 0 Å². The van der Waals surface area contributed by atoms with Crippen molar-refractivity contribution in [1.82, 2.24) is 5.32 Å². The van der Waals surface area contributed by atoms with Gasteiger partial charge in [0.05, 0.1) is 18.1 Å². The van der Waals surface area contributed by atoms with Crippen LogP contribution in [0.15, 0.2) is 18.2 Å². The van der Waals surface area contributed by atoms with Gasteiger partial charge in [-0.3, -0.25) is 10.1 Å². The second-order valence-corrected chi connectivity index (χ2v) is 5.96. The average Bonchev–Trinajstić information content (AvgIpc) is 2.96. The summed E-state index contributed by atoms with van der Waals surface area (Å²) in [6, 6.07) is 4.92. The minimum atomic E-state index is -0.378. The Balaban J connectivity index is 1.99. The molecule has 0 bridgehead atoms. The molecule has 21 heavy (non-hydrogen) atoms. The Hall–Kier alpha value is -1.62. The zero-order valence-corrected chi connectivity index (χ0v) is 12.9. The Bertz CT molecular complexity index is 496. The number of nitro groups is 1. The molecule has 1 aromatic rings. The summed E-state index contributed by atoms with van der Waals surface area (Å²) in [7, 11) is 1.53. The van der Waals surface area contributed by atoms with Crippen molar-refractivity contribution in [2.24, 2.45) is 5.41 Å². The smallest absolute Gasteiger partial charge is 0.273 e. The lowest BCUT2D eigenvalue weighted by molar-refractivity contribution is -0.385. The number of nitrogens with zero attached hydrogens (tertiary/aromatic N) is 1. The minimum absolute atomic E-state index is 0.0808. The first-order valence-electron chi connectivity index (χ1n) is 7.62. The molecular formula is C16H24N2O3. The van der Waals surface area contributed by atoms with Crippen LogP contribution < -0.4 is 10.1 Å². The SMILES string of the molecule is CCC1(CNCc2cc(OC)cc([N+](=O)[O-])c2)CCCC1. The zero-order chi connectivity index (χ0) is 15.3. The molecular weight excluding hydrogens is 268 g/mol. The van der Waals surface area contributed by atoms with Gasteiger partial charge >= 0.3 is 0 Å². The van der Waals surface area contributed by atoms with Crippen LogP contribution in [0.25, 0.3) is 0 Å². The highest BCUT2D eigenvalue weighted by Gasteiger charge is 2.31. The van der Waals surface area contributed by atoms with E-state index in [1.165, 1.54) is 45.3 Å². The molecule has 0 radical (unpaired) electrons. The third-order valence-corrected chi connectivity index (χ3v) is 4.64. The van der Waals surface area contributed by atoms with Crippen molar-refractivity contribution in [2.75, 3.05) is 13.7 Å². The summed E-state index contributed by atoms with van der Waals surface area (Å²) < 4.78 is 5.13. The van der Waals surface area contributed by atoms with Crippen LogP contribution in [0.1, 0.15) is 44.6 Å². The first-order valence-corrected chi connectivity index (χ1v) is 7.62. The van der Waals surface area contributed by atoms with Gasteiger partial charge < -0.3 is 10.1 Å². The summed E-state index contributed by atoms with van der Waals surface area (Å²) in [5, 5.41) is 14.4. The van der Waals surface area contributed by atoms with Crippen molar-refractivity contribution in [2.45, 2.75) is 45.6 Å². The molecule has 0 amide bonds. The molecule has 0 aliphatic heterocycles. The number of hydrogen-bond donors (Lipinski definition) is 1. The van der Waals surface area contributed by atoms with Crippen LogP contribution in [-0.4, -0.2) is 18.6 Å². The lowest BCUT2D eigenvalue weighted by Crippen LogP contribution is -2.31. The highest BCUT2D eigenvalue weighted by Crippen LogP contribution is 2.40. The summed E-state index contributed by atoms with van der Waals surface area (Å²) in [5.74, 6) is 0.534. The van der Waals surface area contributed by atoms with Crippen molar-refractivity contribution >= 4 is 5.69 Å². The van der Waals surface area contributed by atoms with Crippen LogP contribution in [0, 0.1) is 15.5 Å². The van der Waals surface area contributed by atoms with Crippen LogP contribution in [0.2, 0.25) is 0 Å². The van der Waals surface area contributed by atoms with Gasteiger partial charge in [0.25, 0.3) is 5.69 Å². The van der Waals surface area contributed by atoms with E-state index in [-0.39, 0.29) is 10.6 Å². The third-order valence-electron chi connectivity index (χ3n) is 4.64. The van der Waals surface area contributed by atoms with Crippen molar-refractivity contribution in [3.63, 3.8) is 0 Å². The third kappa shape index (κ3) is 3.94. The molecule has 0 saturated heterocycles. The highest BCUT2D eigenvalue weighted by molar-refractivity contribution is 5.42. The van der Waals surface area contributed by atoms with Gasteiger partial charge in [0, 0.05) is 19.2 Å². The molecule has 116 valence electrons. The van der Waals surface area contributed by atoms with Gasteiger partial charge in [-0.25, -0.2) is 0 Å². The molecule has 1 aliphatic rings. The number of nitrogens with one attached hydrogen (secondary N) is 1. The lowest BCUT2D eigenvalue weighted by Gasteiger charge is -2.27. The van der Waals surface area contributed by atoms with Crippen molar-refractivity contribution in [3.05, 3.63) is 33.9 Å². The number of nitro benzene ring substituents is 1. The summed E-state index contributed by atoms with van der Waals surface area (Å²) in [4.78, 5) is 10.6. The highest BCUT2D eigenvalue weighted by atomic mass is 16.6. The van der Waals surface area contributed by atoms with E-state index in [1.807, 2.05) is 6.07 Å². The van der Waals surface area contributed by atoms with E-state index in [9.17, 15) is 10.1 Å². The van der Waals surface area contributed by atoms with Crippen molar-refractivity contribution in [3.8, 4) is 5.75 Å². The quantitative estimate of drug-likeness (QED) is 0.615. The van der Waals surface area contributed by atoms with Crippen LogP contribution in [0.5, 0.6) is 5.75 Å². The molecule has 1 aliphatic carbocycles. The maximum atomic E-state index is 10.9. The summed E-state index contributed by atoms with van der Waals surface area (Å²) in [5.41, 5.74) is 1.40. The van der Waals surface area contributed by atoms with Gasteiger partial charge in [-0.2, -0.15) is 0 Å². The standard InChI is InChI=1S/C16H24N2O3/c1-3-16(6-4-5-7-16)12-17-11-13-8-14(18(19)20)10-15(9-13)21-2/h8-10,17H,3-7,11-12H2,1-2H3. The number of rotatable bonds is 7. The zero-order valence-electron chi connectivity index (χ0n) is 12.9. The monoisotopic (exact) mass is 292 g/mol. The van der Waals surface area contributed by atoms with Crippen molar-refractivity contribution in [1.29, 1.82) is 0 Å². The lowest BCUT2D eigenvalue weighted by atomic mass is 9.83. The van der Waals surface area contributed by atoms with Gasteiger partial charge in [0.15, 0.2) is 0 Å². The van der Waals surface area contributed by atoms with Crippen LogP contribution in [-0.2, 0) is 6.54 Å². The van der Waals surface area contributed by atoms with Gasteiger partial charge in [-0.05, 0) is 36.3 Å². The molecule has 1 N–H and O–H groups in total. The van der Waals surface area contributed by atoms with Gasteiger partial charge in [0.2, 0.25) is 0 Å². The molecule has 0 spiro atoms. The largest absolute Gasteiger partial charge is 0.496 e. The van der Waals surface area contributed by atoms with Gasteiger partial charge in [-0.15, -0.1) is 0 Å². The van der Waals surface area contributed by atoms with Crippen LogP contribution in [0.4, 0.5) is 5.69 Å². The first kappa shape index (κ1) is 15.8. The van der Waals surface area contributed by atoms with Crippen LogP contribution in [0.3, 0.4) is 0 Å². The van der Waals surface area contributed by atoms with E-state index in [1.54, 1.807) is 6.07 Å². The minimum Gasteiger partial charge on any atom is -0.496 e. The average molecular weight is 292 g/mol. The fourth-order valence-corrected chi connectivity index (χ4v) is 3.22. The topological polar surface area (TPSA) is 64.4 Å². The molecule has 0 unspecified atom stereocenters. The Morgan fingerprint density at radius 2 is 2.05 bits per heavy atom. The summed E-state index contributed by atoms with van der Waals surface area (Å²) in [6.45, 7) is 3.87. The molecule has 1 saturated carbocycles. The Kier molecular flexibility index (Phi) is 5.17. The molecule has 5 heteroatoms. The number of methoxy groups -OCH3 is 1. The second kappa shape index (κ2) is 6.89. The number of benzene rings is 1. The Labute approximate surface area is 125 Å². The number of hydrogen-bond acceptors (Lipinski definition) is 4. The maximum Gasteiger partial charge on any atom is 0.273 e. The maximum absolute atomic E-state index is 10.9. The normalized spacial score (nSPS) is 16.9. The predicted octanol–water partition coefficient (Wildman–Crippen LogP) is 3.66. The van der Waals surface area contributed by atoms with Gasteiger partial charge in [-0.1, -0.05) is 19.8 Å². The molecule has 0 atom stereocenters. The van der Waals surface area contributed by atoms with E-state index in [0.29, 0.717) is 17.7 Å². The first-order chi connectivity index (χ1) is 10.1. The summed E-state index contributed by atoms with van der Waals surface area (Å²) >= 11 is 0. The molecule has 1 aromatic carbocycles. The van der Waals surface area contributed by atoms with E-state index in [4.69, 9.17) is 4.74 Å². The van der Waals surface area contributed by atoms with E-state index in [2.05, 4.69) is 12.2 Å². The fourth-order valence-electron chi connectivity index (χ4n) is 3.22. The Morgan fingerprint density at radius 1 is 1.33 bits per heavy atom. The fraction of sp³-hybridized carbons (Fsp3) is 0.625. The molecule has 1 fully saturated rings. The summed E-state index contributed by atoms with van der Waals surface area (Å²) in [6.07, 6.45) is 6.40. The number of ether oxygens (including phenoxy) is 1. The second-order valence-electron chi connectivity index (χ2n) is 5.96. The predicted molar refractivity (Wildman–Crippen MR) is 82.5 cm³/mol. The van der Waals surface area contributed by atoms with Crippen molar-refractivity contribution < 1.29 is 9.66 Å². The van der Waals surface area contributed by atoms with E-state index >= 15 is 0 Å². The molecule has 0 heterocycles. The van der Waals surface area contributed by atoms with Crippen LogP contribution >= 0.6 is 0 Å². The molecule has 0 aromatic heterocycles. The van der Waals surface area contributed by atoms with Gasteiger partial charge in [0.1, 0.15) is 5.75 Å². The van der Waals surface area contributed by atoms with E-state index in [0.717, 1.165) is 12.1 Å². The molecule has 5 nitrogen and oxygen atoms in total. The Morgan fingerprint density at radius 3 is 2.62 bits per heavy atom. The molecule has 2 rings (SSSR count). The number of non-ortho nitro benzene ring substituents is 1.